The first-order valence-electron chi connectivity index (χ1n) is 5.76. The summed E-state index contributed by atoms with van der Waals surface area (Å²) in [7, 11) is 0. The van der Waals surface area contributed by atoms with Gasteiger partial charge in [0.05, 0.1) is 6.10 Å². The molecule has 15 heavy (non-hydrogen) atoms. The predicted octanol–water partition coefficient (Wildman–Crippen LogP) is 2.86. The number of aromatic nitrogens is 1. The Bertz CT molecular complexity index is 337. The zero-order chi connectivity index (χ0) is 10.8. The second kappa shape index (κ2) is 4.31. The summed E-state index contributed by atoms with van der Waals surface area (Å²) in [5.74, 6) is 1.20. The van der Waals surface area contributed by atoms with E-state index < -0.39 is 0 Å². The molecule has 0 bridgehead atoms. The van der Waals surface area contributed by atoms with E-state index in [4.69, 9.17) is 0 Å². The first-order chi connectivity index (χ1) is 7.16. The van der Waals surface area contributed by atoms with E-state index in [0.29, 0.717) is 5.92 Å². The van der Waals surface area contributed by atoms with Crippen LogP contribution in [-0.2, 0) is 0 Å². The molecule has 0 radical (unpaired) electrons. The summed E-state index contributed by atoms with van der Waals surface area (Å²) in [6.07, 6.45) is 6.85. The van der Waals surface area contributed by atoms with E-state index in [9.17, 15) is 5.11 Å². The van der Waals surface area contributed by atoms with Crippen molar-refractivity contribution in [3.63, 3.8) is 0 Å². The predicted molar refractivity (Wildman–Crippen MR) is 60.4 cm³/mol. The second-order valence-corrected chi connectivity index (χ2v) is 4.92. The molecule has 3 unspecified atom stereocenters. The monoisotopic (exact) mass is 205 g/mol. The summed E-state index contributed by atoms with van der Waals surface area (Å²) in [6, 6.07) is 2.04. The number of hydrogen-bond donors (Lipinski definition) is 1. The largest absolute Gasteiger partial charge is 0.388 e. The smallest absolute Gasteiger partial charge is 0.0833 e. The van der Waals surface area contributed by atoms with Crippen LogP contribution in [0.4, 0.5) is 0 Å². The van der Waals surface area contributed by atoms with Gasteiger partial charge in [0.25, 0.3) is 0 Å². The van der Waals surface area contributed by atoms with Gasteiger partial charge in [-0.3, -0.25) is 4.98 Å². The highest BCUT2D eigenvalue weighted by atomic mass is 16.3. The second-order valence-electron chi connectivity index (χ2n) is 4.92. The van der Waals surface area contributed by atoms with Gasteiger partial charge in [0, 0.05) is 12.4 Å². The topological polar surface area (TPSA) is 33.1 Å². The van der Waals surface area contributed by atoms with E-state index in [1.807, 2.05) is 19.2 Å². The van der Waals surface area contributed by atoms with Crippen molar-refractivity contribution in [2.75, 3.05) is 0 Å². The van der Waals surface area contributed by atoms with Crippen molar-refractivity contribution in [1.82, 2.24) is 4.98 Å². The minimum atomic E-state index is -0.317. The summed E-state index contributed by atoms with van der Waals surface area (Å²) in [5, 5.41) is 10.2. The van der Waals surface area contributed by atoms with Crippen LogP contribution in [0.2, 0.25) is 0 Å². The van der Waals surface area contributed by atoms with E-state index in [2.05, 4.69) is 11.9 Å². The molecule has 1 N–H and O–H groups in total. The molecule has 0 saturated heterocycles. The lowest BCUT2D eigenvalue weighted by molar-refractivity contribution is 0.109. The van der Waals surface area contributed by atoms with Gasteiger partial charge in [-0.1, -0.05) is 19.4 Å². The lowest BCUT2D eigenvalue weighted by atomic mass is 9.94. The van der Waals surface area contributed by atoms with E-state index in [-0.39, 0.29) is 6.10 Å². The quantitative estimate of drug-likeness (QED) is 0.805. The number of rotatable bonds is 2. The molecule has 1 aromatic rings. The maximum absolute atomic E-state index is 10.2. The average Bonchev–Trinajstić information content (AvgIpc) is 2.64. The van der Waals surface area contributed by atoms with Crippen molar-refractivity contribution >= 4 is 0 Å². The van der Waals surface area contributed by atoms with Crippen LogP contribution < -0.4 is 0 Å². The Balaban J connectivity index is 2.10. The molecule has 0 aliphatic heterocycles. The van der Waals surface area contributed by atoms with Crippen LogP contribution in [0.15, 0.2) is 18.5 Å². The third-order valence-corrected chi connectivity index (χ3v) is 3.42. The summed E-state index contributed by atoms with van der Waals surface area (Å²) >= 11 is 0. The highest BCUT2D eigenvalue weighted by Crippen LogP contribution is 2.38. The third kappa shape index (κ3) is 2.37. The van der Waals surface area contributed by atoms with Crippen LogP contribution in [0.25, 0.3) is 0 Å². The van der Waals surface area contributed by atoms with Crippen molar-refractivity contribution in [1.29, 1.82) is 0 Å². The van der Waals surface area contributed by atoms with E-state index in [1.165, 1.54) is 6.42 Å². The Morgan fingerprint density at radius 1 is 1.40 bits per heavy atom. The molecule has 3 atom stereocenters. The molecule has 82 valence electrons. The van der Waals surface area contributed by atoms with Gasteiger partial charge in [0.15, 0.2) is 0 Å². The first kappa shape index (κ1) is 10.6. The molecule has 2 heteroatoms. The highest BCUT2D eigenvalue weighted by Gasteiger charge is 2.28. The molecule has 1 fully saturated rings. The van der Waals surface area contributed by atoms with Gasteiger partial charge in [-0.05, 0) is 42.7 Å². The van der Waals surface area contributed by atoms with Crippen molar-refractivity contribution in [3.05, 3.63) is 29.6 Å². The van der Waals surface area contributed by atoms with E-state index >= 15 is 0 Å². The number of aliphatic hydroxyl groups excluding tert-OH is 1. The fraction of sp³-hybridized carbons (Fsp3) is 0.615. The van der Waals surface area contributed by atoms with Crippen molar-refractivity contribution in [3.8, 4) is 0 Å². The van der Waals surface area contributed by atoms with Crippen LogP contribution in [0.5, 0.6) is 0 Å². The number of nitrogens with zero attached hydrogens (tertiary/aromatic N) is 1. The molecule has 1 saturated carbocycles. The third-order valence-electron chi connectivity index (χ3n) is 3.42. The summed E-state index contributed by atoms with van der Waals surface area (Å²) < 4.78 is 0. The zero-order valence-electron chi connectivity index (χ0n) is 9.48. The molecule has 1 aromatic heterocycles. The average molecular weight is 205 g/mol. The summed E-state index contributed by atoms with van der Waals surface area (Å²) in [6.45, 7) is 4.28. The standard InChI is InChI=1S/C13H19NO/c1-9-3-4-11(5-9)13(15)12-6-10(2)7-14-8-12/h6-9,11,13,15H,3-5H2,1-2H3. The Hall–Kier alpha value is -0.890. The van der Waals surface area contributed by atoms with Crippen molar-refractivity contribution < 1.29 is 5.11 Å². The fourth-order valence-electron chi connectivity index (χ4n) is 2.55. The number of aliphatic hydroxyl groups is 1. The first-order valence-corrected chi connectivity index (χ1v) is 5.76. The fourth-order valence-corrected chi connectivity index (χ4v) is 2.55. The molecule has 1 aliphatic rings. The Morgan fingerprint density at radius 3 is 2.80 bits per heavy atom. The Morgan fingerprint density at radius 2 is 2.20 bits per heavy atom. The molecule has 1 aliphatic carbocycles. The van der Waals surface area contributed by atoms with Gasteiger partial charge in [-0.15, -0.1) is 0 Å². The van der Waals surface area contributed by atoms with Crippen molar-refractivity contribution in [2.24, 2.45) is 11.8 Å². The molecular formula is C13H19NO. The van der Waals surface area contributed by atoms with Gasteiger partial charge in [0.1, 0.15) is 0 Å². The zero-order valence-corrected chi connectivity index (χ0v) is 9.48. The molecule has 1 heterocycles. The van der Waals surface area contributed by atoms with Crippen LogP contribution in [0.1, 0.15) is 43.4 Å². The minimum absolute atomic E-state index is 0.317. The molecule has 2 rings (SSSR count). The lowest BCUT2D eigenvalue weighted by Crippen LogP contribution is -2.09. The van der Waals surface area contributed by atoms with Gasteiger partial charge < -0.3 is 5.11 Å². The minimum Gasteiger partial charge on any atom is -0.388 e. The number of aryl methyl sites for hydroxylation is 1. The molecule has 0 amide bonds. The maximum atomic E-state index is 10.2. The Kier molecular flexibility index (Phi) is 3.06. The summed E-state index contributed by atoms with van der Waals surface area (Å²) in [5.41, 5.74) is 2.10. The van der Waals surface area contributed by atoms with Crippen LogP contribution >= 0.6 is 0 Å². The van der Waals surface area contributed by atoms with E-state index in [1.54, 1.807) is 6.20 Å². The molecular weight excluding hydrogens is 186 g/mol. The number of hydrogen-bond acceptors (Lipinski definition) is 2. The normalized spacial score (nSPS) is 27.9. The van der Waals surface area contributed by atoms with E-state index in [0.717, 1.165) is 29.9 Å². The summed E-state index contributed by atoms with van der Waals surface area (Å²) in [4.78, 5) is 4.14. The SMILES string of the molecule is Cc1cncc(C(O)C2CCC(C)C2)c1. The molecule has 2 nitrogen and oxygen atoms in total. The van der Waals surface area contributed by atoms with Gasteiger partial charge in [-0.25, -0.2) is 0 Å². The van der Waals surface area contributed by atoms with Crippen LogP contribution in [-0.4, -0.2) is 10.1 Å². The van der Waals surface area contributed by atoms with Gasteiger partial charge in [-0.2, -0.15) is 0 Å². The lowest BCUT2D eigenvalue weighted by Gasteiger charge is -2.18. The van der Waals surface area contributed by atoms with Gasteiger partial charge >= 0.3 is 0 Å². The highest BCUT2D eigenvalue weighted by molar-refractivity contribution is 5.19. The maximum Gasteiger partial charge on any atom is 0.0833 e. The number of pyridine rings is 1. The molecule has 0 aromatic carbocycles. The van der Waals surface area contributed by atoms with Crippen molar-refractivity contribution in [2.45, 2.75) is 39.2 Å². The van der Waals surface area contributed by atoms with Crippen LogP contribution in [0, 0.1) is 18.8 Å². The molecule has 0 spiro atoms. The van der Waals surface area contributed by atoms with Gasteiger partial charge in [0.2, 0.25) is 0 Å². The Labute approximate surface area is 91.4 Å². The van der Waals surface area contributed by atoms with Crippen LogP contribution in [0.3, 0.4) is 0 Å².